The third-order valence-electron chi connectivity index (χ3n) is 3.64. The summed E-state index contributed by atoms with van der Waals surface area (Å²) in [4.78, 5) is 22.9. The molecule has 144 valence electrons. The molecule has 27 heavy (non-hydrogen) atoms. The van der Waals surface area contributed by atoms with Crippen LogP contribution in [0.1, 0.15) is 18.1 Å². The fourth-order valence-corrected chi connectivity index (χ4v) is 2.29. The third-order valence-corrected chi connectivity index (χ3v) is 3.64. The maximum Gasteiger partial charge on any atom is 0.471 e. The molecular weight excluding hydrogens is 361 g/mol. The average Bonchev–Trinajstić information content (AvgIpc) is 2.64. The van der Waals surface area contributed by atoms with Crippen molar-refractivity contribution in [1.82, 2.24) is 5.32 Å². The highest BCUT2D eigenvalue weighted by atomic mass is 19.4. The van der Waals surface area contributed by atoms with Crippen LogP contribution < -0.4 is 15.4 Å². The molecule has 0 saturated carbocycles. The predicted octanol–water partition coefficient (Wildman–Crippen LogP) is 3.45. The monoisotopic (exact) mass is 380 g/mol. The van der Waals surface area contributed by atoms with Crippen LogP contribution in [0.2, 0.25) is 0 Å². The number of aryl methyl sites for hydroxylation is 1. The van der Waals surface area contributed by atoms with Crippen molar-refractivity contribution in [1.29, 1.82) is 0 Å². The van der Waals surface area contributed by atoms with Gasteiger partial charge in [-0.05, 0) is 35.7 Å². The molecular formula is C19H19F3N2O3. The molecule has 2 aromatic carbocycles. The number of carbonyl (C=O) groups is 2. The smallest absolute Gasteiger partial charge is 0.471 e. The van der Waals surface area contributed by atoms with Gasteiger partial charge in [0, 0.05) is 12.2 Å². The van der Waals surface area contributed by atoms with Crippen LogP contribution in [0.4, 0.5) is 18.9 Å². The molecule has 0 atom stereocenters. The van der Waals surface area contributed by atoms with E-state index in [0.717, 1.165) is 12.0 Å². The van der Waals surface area contributed by atoms with Crippen LogP contribution in [0.5, 0.6) is 5.75 Å². The van der Waals surface area contributed by atoms with Gasteiger partial charge in [-0.3, -0.25) is 9.59 Å². The lowest BCUT2D eigenvalue weighted by molar-refractivity contribution is -0.167. The first-order chi connectivity index (χ1) is 12.8. The number of halogens is 3. The number of benzene rings is 2. The summed E-state index contributed by atoms with van der Waals surface area (Å²) in [7, 11) is 0. The Bertz CT molecular complexity index is 807. The summed E-state index contributed by atoms with van der Waals surface area (Å²) in [6.07, 6.45) is -4.19. The molecule has 0 heterocycles. The van der Waals surface area contributed by atoms with Crippen molar-refractivity contribution >= 4 is 17.5 Å². The van der Waals surface area contributed by atoms with Crippen molar-refractivity contribution in [2.75, 3.05) is 11.9 Å². The fourth-order valence-electron chi connectivity index (χ4n) is 2.29. The Morgan fingerprint density at radius 3 is 2.52 bits per heavy atom. The van der Waals surface area contributed by atoms with Gasteiger partial charge in [-0.25, -0.2) is 0 Å². The van der Waals surface area contributed by atoms with Crippen molar-refractivity contribution in [3.05, 3.63) is 59.7 Å². The highest BCUT2D eigenvalue weighted by Gasteiger charge is 2.38. The number of para-hydroxylation sites is 1. The number of rotatable bonds is 7. The predicted molar refractivity (Wildman–Crippen MR) is 94.3 cm³/mol. The topological polar surface area (TPSA) is 67.4 Å². The number of alkyl halides is 3. The molecule has 2 rings (SSSR count). The number of amides is 2. The first kappa shape index (κ1) is 20.3. The van der Waals surface area contributed by atoms with E-state index in [1.807, 2.05) is 25.1 Å². The quantitative estimate of drug-likeness (QED) is 0.773. The molecule has 2 amide bonds. The molecule has 0 aliphatic rings. The molecule has 0 saturated heterocycles. The standard InChI is InChI=1S/C19H19F3N2O3/c1-2-14-7-3-4-9-16(14)27-12-17(25)23-11-13-6-5-8-15(10-13)24-18(26)19(20,21)22/h3-10H,2,11-12H2,1H3,(H,23,25)(H,24,26). The molecule has 5 nitrogen and oxygen atoms in total. The number of ether oxygens (including phenoxy) is 1. The molecule has 2 N–H and O–H groups in total. The Morgan fingerprint density at radius 2 is 1.81 bits per heavy atom. The van der Waals surface area contributed by atoms with E-state index in [9.17, 15) is 22.8 Å². The third kappa shape index (κ3) is 6.32. The van der Waals surface area contributed by atoms with Crippen LogP contribution in [0.25, 0.3) is 0 Å². The van der Waals surface area contributed by atoms with Crippen molar-refractivity contribution < 1.29 is 27.5 Å². The molecule has 0 unspecified atom stereocenters. The van der Waals surface area contributed by atoms with E-state index >= 15 is 0 Å². The molecule has 2 aromatic rings. The maximum absolute atomic E-state index is 12.3. The Kier molecular flexibility index (Phi) is 6.81. The lowest BCUT2D eigenvalue weighted by atomic mass is 10.1. The normalized spacial score (nSPS) is 11.0. The molecule has 0 spiro atoms. The summed E-state index contributed by atoms with van der Waals surface area (Å²) >= 11 is 0. The Morgan fingerprint density at radius 1 is 1.07 bits per heavy atom. The first-order valence-electron chi connectivity index (χ1n) is 8.24. The van der Waals surface area contributed by atoms with E-state index in [1.165, 1.54) is 18.2 Å². The van der Waals surface area contributed by atoms with Gasteiger partial charge in [0.2, 0.25) is 0 Å². The van der Waals surface area contributed by atoms with E-state index in [4.69, 9.17) is 4.74 Å². The van der Waals surface area contributed by atoms with Crippen LogP contribution in [0, 0.1) is 0 Å². The fraction of sp³-hybridized carbons (Fsp3) is 0.263. The van der Waals surface area contributed by atoms with Crippen LogP contribution >= 0.6 is 0 Å². The summed E-state index contributed by atoms with van der Waals surface area (Å²) in [6.45, 7) is 1.89. The summed E-state index contributed by atoms with van der Waals surface area (Å²) in [5, 5.41) is 4.39. The minimum absolute atomic E-state index is 0.00260. The van der Waals surface area contributed by atoms with Crippen molar-refractivity contribution in [2.24, 2.45) is 0 Å². The van der Waals surface area contributed by atoms with Crippen LogP contribution in [0.3, 0.4) is 0 Å². The van der Waals surface area contributed by atoms with Gasteiger partial charge >= 0.3 is 12.1 Å². The van der Waals surface area contributed by atoms with Crippen LogP contribution in [-0.4, -0.2) is 24.6 Å². The summed E-state index contributed by atoms with van der Waals surface area (Å²) in [5.74, 6) is -1.79. The average molecular weight is 380 g/mol. The lowest BCUT2D eigenvalue weighted by Crippen LogP contribution is -2.30. The lowest BCUT2D eigenvalue weighted by Gasteiger charge is -2.11. The second-order valence-corrected chi connectivity index (χ2v) is 5.68. The summed E-state index contributed by atoms with van der Waals surface area (Å²) < 4.78 is 42.4. The van der Waals surface area contributed by atoms with E-state index in [2.05, 4.69) is 5.32 Å². The van der Waals surface area contributed by atoms with Crippen molar-refractivity contribution in [3.63, 3.8) is 0 Å². The highest BCUT2D eigenvalue weighted by Crippen LogP contribution is 2.19. The van der Waals surface area contributed by atoms with Gasteiger partial charge in [0.05, 0.1) is 0 Å². The molecule has 0 fully saturated rings. The minimum Gasteiger partial charge on any atom is -0.483 e. The highest BCUT2D eigenvalue weighted by molar-refractivity contribution is 5.94. The van der Waals surface area contributed by atoms with E-state index < -0.39 is 12.1 Å². The molecule has 0 aliphatic heterocycles. The summed E-state index contributed by atoms with van der Waals surface area (Å²) in [5.41, 5.74) is 1.52. The van der Waals surface area contributed by atoms with Crippen molar-refractivity contribution in [3.8, 4) is 5.75 Å². The molecule has 0 aliphatic carbocycles. The molecule has 0 aromatic heterocycles. The molecule has 0 bridgehead atoms. The number of carbonyl (C=O) groups excluding carboxylic acids is 2. The zero-order valence-electron chi connectivity index (χ0n) is 14.6. The van der Waals surface area contributed by atoms with E-state index in [1.54, 1.807) is 17.4 Å². The van der Waals surface area contributed by atoms with Gasteiger partial charge in [0.1, 0.15) is 5.75 Å². The Labute approximate surface area is 154 Å². The number of hydrogen-bond acceptors (Lipinski definition) is 3. The van der Waals surface area contributed by atoms with Gasteiger partial charge in [-0.15, -0.1) is 0 Å². The van der Waals surface area contributed by atoms with Gasteiger partial charge in [0.25, 0.3) is 5.91 Å². The number of hydrogen-bond donors (Lipinski definition) is 2. The first-order valence-corrected chi connectivity index (χ1v) is 8.24. The SMILES string of the molecule is CCc1ccccc1OCC(=O)NCc1cccc(NC(=O)C(F)(F)F)c1. The van der Waals surface area contributed by atoms with Gasteiger partial charge in [-0.1, -0.05) is 37.3 Å². The number of anilines is 1. The van der Waals surface area contributed by atoms with Gasteiger partial charge in [-0.2, -0.15) is 13.2 Å². The second kappa shape index (κ2) is 9.07. The van der Waals surface area contributed by atoms with E-state index in [0.29, 0.717) is 11.3 Å². The minimum atomic E-state index is -4.96. The zero-order chi connectivity index (χ0) is 19.9. The Hall–Kier alpha value is -3.03. The van der Waals surface area contributed by atoms with Gasteiger partial charge < -0.3 is 15.4 Å². The number of nitrogens with one attached hydrogen (secondary N) is 2. The molecule has 0 radical (unpaired) electrons. The summed E-state index contributed by atoms with van der Waals surface area (Å²) in [6, 6.07) is 13.2. The van der Waals surface area contributed by atoms with Crippen LogP contribution in [0.15, 0.2) is 48.5 Å². The van der Waals surface area contributed by atoms with Crippen LogP contribution in [-0.2, 0) is 22.6 Å². The largest absolute Gasteiger partial charge is 0.483 e. The molecule has 8 heteroatoms. The van der Waals surface area contributed by atoms with Crippen molar-refractivity contribution in [2.45, 2.75) is 26.1 Å². The maximum atomic E-state index is 12.3. The van der Waals surface area contributed by atoms with E-state index in [-0.39, 0.29) is 24.7 Å². The zero-order valence-corrected chi connectivity index (χ0v) is 14.6. The Balaban J connectivity index is 1.86. The van der Waals surface area contributed by atoms with Gasteiger partial charge in [0.15, 0.2) is 6.61 Å². The second-order valence-electron chi connectivity index (χ2n) is 5.68.